The van der Waals surface area contributed by atoms with Crippen LogP contribution in [0.3, 0.4) is 0 Å². The molecule has 4 amide bonds. The Balaban J connectivity index is 3.40. The van der Waals surface area contributed by atoms with Crippen molar-refractivity contribution in [2.75, 3.05) is 84.8 Å². The van der Waals surface area contributed by atoms with E-state index in [1.54, 1.807) is 0 Å². The monoisotopic (exact) mass is 539 g/mol. The lowest BCUT2D eigenvalue weighted by atomic mass is 10.3. The maximum atomic E-state index is 11.6. The average Bonchev–Trinajstić information content (AvgIpc) is 2.86. The van der Waals surface area contributed by atoms with Crippen molar-refractivity contribution in [3.05, 3.63) is 0 Å². The summed E-state index contributed by atoms with van der Waals surface area (Å²) in [6.07, 6.45) is 0.0391. The van der Waals surface area contributed by atoms with Crippen molar-refractivity contribution in [3.63, 3.8) is 0 Å². The molecule has 208 valence electrons. The van der Waals surface area contributed by atoms with Crippen LogP contribution in [0.2, 0.25) is 0 Å². The van der Waals surface area contributed by atoms with Crippen molar-refractivity contribution < 1.29 is 48.0 Å². The number of carboxylic acid groups (broad SMARTS) is 1. The largest absolute Gasteiger partial charge is 0.480 e. The summed E-state index contributed by atoms with van der Waals surface area (Å²) in [7, 11) is 0. The quantitative estimate of drug-likeness (QED) is 0.0494. The Morgan fingerprint density at radius 3 is 1.67 bits per heavy atom. The van der Waals surface area contributed by atoms with Crippen LogP contribution in [0.25, 0.3) is 0 Å². The molecule has 16 heteroatoms. The summed E-state index contributed by atoms with van der Waals surface area (Å²) in [5.41, 5.74) is 5.09. The summed E-state index contributed by atoms with van der Waals surface area (Å²) < 4.78 is 21.2. The fourth-order valence-electron chi connectivity index (χ4n) is 2.20. The van der Waals surface area contributed by atoms with Crippen LogP contribution in [-0.4, -0.2) is 126 Å². The molecule has 15 nitrogen and oxygen atoms in total. The molecule has 0 aliphatic carbocycles. The van der Waals surface area contributed by atoms with E-state index in [1.165, 1.54) is 0 Å². The molecule has 1 unspecified atom stereocenters. The van der Waals surface area contributed by atoms with Crippen molar-refractivity contribution in [2.24, 2.45) is 5.73 Å². The van der Waals surface area contributed by atoms with E-state index in [2.05, 4.69) is 33.9 Å². The molecule has 0 aromatic carbocycles. The Hall–Kier alpha value is -2.50. The van der Waals surface area contributed by atoms with Crippen LogP contribution in [0, 0.1) is 0 Å². The number of amides is 4. The number of rotatable bonds is 23. The lowest BCUT2D eigenvalue weighted by Gasteiger charge is -2.11. The standard InChI is InChI=1S/C20H37N5O10S/c21-11-17(27)23-13-19(29)24-12-18(28)22-2-4-33-6-8-35-10-9-34-7-5-32-3-1-16(26)25-15(14-36)20(30)31/h15,36H,1-14,21H2,(H,22,28)(H,23,27)(H,24,29)(H,25,26)(H,30,31). The van der Waals surface area contributed by atoms with Gasteiger partial charge in [0.1, 0.15) is 6.04 Å². The van der Waals surface area contributed by atoms with Crippen LogP contribution in [-0.2, 0) is 42.9 Å². The van der Waals surface area contributed by atoms with Gasteiger partial charge in [-0.05, 0) is 0 Å². The number of carbonyl (C=O) groups excluding carboxylic acids is 4. The fourth-order valence-corrected chi connectivity index (χ4v) is 2.44. The van der Waals surface area contributed by atoms with Gasteiger partial charge in [0, 0.05) is 18.7 Å². The van der Waals surface area contributed by atoms with Crippen molar-refractivity contribution >= 4 is 42.2 Å². The molecule has 0 spiro atoms. The molecule has 0 saturated heterocycles. The summed E-state index contributed by atoms with van der Waals surface area (Å²) in [5.74, 6) is -2.92. The van der Waals surface area contributed by atoms with Crippen molar-refractivity contribution in [3.8, 4) is 0 Å². The third-order valence-electron chi connectivity index (χ3n) is 4.05. The van der Waals surface area contributed by atoms with Gasteiger partial charge in [0.2, 0.25) is 23.6 Å². The van der Waals surface area contributed by atoms with Gasteiger partial charge in [0.15, 0.2) is 0 Å². The molecule has 0 fully saturated rings. The van der Waals surface area contributed by atoms with Gasteiger partial charge >= 0.3 is 5.97 Å². The predicted octanol–water partition coefficient (Wildman–Crippen LogP) is -3.75. The third kappa shape index (κ3) is 20.8. The van der Waals surface area contributed by atoms with Gasteiger partial charge in [-0.2, -0.15) is 12.6 Å². The first-order chi connectivity index (χ1) is 17.3. The number of hydrogen-bond acceptors (Lipinski definition) is 11. The van der Waals surface area contributed by atoms with Gasteiger partial charge in [0.05, 0.1) is 72.5 Å². The zero-order chi connectivity index (χ0) is 27.0. The normalized spacial score (nSPS) is 11.4. The maximum Gasteiger partial charge on any atom is 0.327 e. The minimum atomic E-state index is -1.14. The molecule has 0 radical (unpaired) electrons. The van der Waals surface area contributed by atoms with Gasteiger partial charge in [-0.1, -0.05) is 0 Å². The Morgan fingerprint density at radius 2 is 1.17 bits per heavy atom. The number of carbonyl (C=O) groups is 5. The SMILES string of the molecule is NCC(=O)NCC(=O)NCC(=O)NCCOCCOCCOCCOCCC(=O)NC(CS)C(=O)O. The van der Waals surface area contributed by atoms with Crippen LogP contribution >= 0.6 is 12.6 Å². The van der Waals surface area contributed by atoms with E-state index in [0.717, 1.165) is 0 Å². The molecule has 36 heavy (non-hydrogen) atoms. The Morgan fingerprint density at radius 1 is 0.694 bits per heavy atom. The molecule has 0 aliphatic rings. The Bertz CT molecular complexity index is 671. The fraction of sp³-hybridized carbons (Fsp3) is 0.750. The zero-order valence-electron chi connectivity index (χ0n) is 20.1. The molecule has 7 N–H and O–H groups in total. The van der Waals surface area contributed by atoms with E-state index in [4.69, 9.17) is 29.8 Å². The molecule has 0 heterocycles. The van der Waals surface area contributed by atoms with Crippen LogP contribution < -0.4 is 27.0 Å². The van der Waals surface area contributed by atoms with E-state index in [9.17, 15) is 24.0 Å². The van der Waals surface area contributed by atoms with Crippen molar-refractivity contribution in [1.82, 2.24) is 21.3 Å². The van der Waals surface area contributed by atoms with E-state index in [1.807, 2.05) is 0 Å². The van der Waals surface area contributed by atoms with Crippen LogP contribution in [0.15, 0.2) is 0 Å². The Kier molecular flexibility index (Phi) is 21.3. The number of aliphatic carboxylic acids is 1. The summed E-state index contributed by atoms with van der Waals surface area (Å²) in [6, 6.07) is -1.02. The number of thiol groups is 1. The topological polar surface area (TPSA) is 217 Å². The number of hydrogen-bond donors (Lipinski definition) is 7. The van der Waals surface area contributed by atoms with E-state index in [-0.39, 0.29) is 58.2 Å². The average molecular weight is 540 g/mol. The molecule has 1 atom stereocenters. The number of ether oxygens (including phenoxy) is 4. The molecular formula is C20H37N5O10S. The molecular weight excluding hydrogens is 502 g/mol. The van der Waals surface area contributed by atoms with Crippen molar-refractivity contribution in [2.45, 2.75) is 12.5 Å². The zero-order valence-corrected chi connectivity index (χ0v) is 21.0. The second-order valence-electron chi connectivity index (χ2n) is 6.95. The third-order valence-corrected chi connectivity index (χ3v) is 4.42. The van der Waals surface area contributed by atoms with Crippen LogP contribution in [0.1, 0.15) is 6.42 Å². The molecule has 0 aromatic rings. The highest BCUT2D eigenvalue weighted by molar-refractivity contribution is 7.80. The second-order valence-corrected chi connectivity index (χ2v) is 7.31. The minimum absolute atomic E-state index is 0.00543. The van der Waals surface area contributed by atoms with Gasteiger partial charge in [-0.15, -0.1) is 0 Å². The lowest BCUT2D eigenvalue weighted by Crippen LogP contribution is -2.43. The lowest BCUT2D eigenvalue weighted by molar-refractivity contribution is -0.141. The summed E-state index contributed by atoms with van der Waals surface area (Å²) in [5, 5.41) is 18.4. The second kappa shape index (κ2) is 22.9. The summed E-state index contributed by atoms with van der Waals surface area (Å²) >= 11 is 3.86. The van der Waals surface area contributed by atoms with E-state index >= 15 is 0 Å². The first-order valence-electron chi connectivity index (χ1n) is 11.2. The predicted molar refractivity (Wildman–Crippen MR) is 129 cm³/mol. The highest BCUT2D eigenvalue weighted by atomic mass is 32.1. The molecule has 0 rings (SSSR count). The number of nitrogens with two attached hydrogens (primary N) is 1. The highest BCUT2D eigenvalue weighted by Crippen LogP contribution is 1.91. The molecule has 0 saturated carbocycles. The summed E-state index contributed by atoms with van der Waals surface area (Å²) in [4.78, 5) is 56.3. The van der Waals surface area contributed by atoms with Crippen molar-refractivity contribution in [1.29, 1.82) is 0 Å². The smallest absolute Gasteiger partial charge is 0.327 e. The minimum Gasteiger partial charge on any atom is -0.480 e. The van der Waals surface area contributed by atoms with Gasteiger partial charge in [0.25, 0.3) is 0 Å². The van der Waals surface area contributed by atoms with E-state index in [0.29, 0.717) is 33.0 Å². The summed E-state index contributed by atoms with van der Waals surface area (Å²) in [6.45, 7) is 1.97. The van der Waals surface area contributed by atoms with Crippen LogP contribution in [0.5, 0.6) is 0 Å². The first-order valence-corrected chi connectivity index (χ1v) is 11.9. The number of carboxylic acids is 1. The first kappa shape index (κ1) is 33.5. The maximum absolute atomic E-state index is 11.6. The van der Waals surface area contributed by atoms with Crippen LogP contribution in [0.4, 0.5) is 0 Å². The van der Waals surface area contributed by atoms with Gasteiger partial charge < -0.3 is 51.1 Å². The number of nitrogens with one attached hydrogen (secondary N) is 4. The van der Waals surface area contributed by atoms with Gasteiger partial charge in [-0.3, -0.25) is 19.2 Å². The molecule has 0 bridgehead atoms. The molecule has 0 aromatic heterocycles. The highest BCUT2D eigenvalue weighted by Gasteiger charge is 2.17. The molecule has 0 aliphatic heterocycles. The van der Waals surface area contributed by atoms with Gasteiger partial charge in [-0.25, -0.2) is 4.79 Å². The van der Waals surface area contributed by atoms with E-state index < -0.39 is 35.6 Å². The Labute approximate surface area is 214 Å².